The maximum atomic E-state index is 13.0. The summed E-state index contributed by atoms with van der Waals surface area (Å²) in [6.45, 7) is 7.23. The molecule has 5 atom stereocenters. The summed E-state index contributed by atoms with van der Waals surface area (Å²) >= 11 is 0. The number of aliphatic hydroxyl groups excluding tert-OH is 1. The summed E-state index contributed by atoms with van der Waals surface area (Å²) in [6.07, 6.45) is 51.5. The van der Waals surface area contributed by atoms with Gasteiger partial charge in [-0.1, -0.05) is 317 Å². The van der Waals surface area contributed by atoms with E-state index in [-0.39, 0.29) is 25.7 Å². The molecule has 0 aliphatic heterocycles. The van der Waals surface area contributed by atoms with Crippen LogP contribution in [-0.4, -0.2) is 96.7 Å². The fourth-order valence-electron chi connectivity index (χ4n) is 10.8. The molecular weight excluding hydrogens is 1190 g/mol. The Labute approximate surface area is 549 Å². The van der Waals surface area contributed by atoms with Crippen LogP contribution in [-0.2, 0) is 65.4 Å². The van der Waals surface area contributed by atoms with Crippen molar-refractivity contribution in [1.82, 2.24) is 0 Å². The highest BCUT2D eigenvalue weighted by Crippen LogP contribution is 2.45. The lowest BCUT2D eigenvalue weighted by Crippen LogP contribution is -2.30. The van der Waals surface area contributed by atoms with E-state index in [4.69, 9.17) is 37.0 Å². The van der Waals surface area contributed by atoms with Gasteiger partial charge in [0.05, 0.1) is 26.4 Å². The van der Waals surface area contributed by atoms with Crippen LogP contribution in [0.15, 0.2) is 0 Å². The minimum absolute atomic E-state index is 0.106. The van der Waals surface area contributed by atoms with Crippen LogP contribution in [0.2, 0.25) is 0 Å². The molecule has 0 aliphatic rings. The van der Waals surface area contributed by atoms with E-state index in [1.54, 1.807) is 0 Å². The lowest BCUT2D eigenvalue weighted by molar-refractivity contribution is -0.161. The zero-order valence-corrected chi connectivity index (χ0v) is 60.1. The van der Waals surface area contributed by atoms with Crippen LogP contribution in [0.25, 0.3) is 0 Å². The lowest BCUT2D eigenvalue weighted by atomic mass is 10.0. The van der Waals surface area contributed by atoms with Gasteiger partial charge in [-0.2, -0.15) is 0 Å². The Morgan fingerprint density at radius 3 is 0.756 bits per heavy atom. The van der Waals surface area contributed by atoms with Crippen LogP contribution in [0.5, 0.6) is 0 Å². The quantitative estimate of drug-likeness (QED) is 0.0222. The smallest absolute Gasteiger partial charge is 0.462 e. The fourth-order valence-corrected chi connectivity index (χ4v) is 12.4. The first kappa shape index (κ1) is 88.1. The van der Waals surface area contributed by atoms with E-state index in [0.29, 0.717) is 25.7 Å². The molecule has 0 aromatic heterocycles. The molecule has 0 rings (SSSR count). The van der Waals surface area contributed by atoms with E-state index in [9.17, 15) is 43.2 Å². The lowest BCUT2D eigenvalue weighted by Gasteiger charge is -2.21. The molecule has 90 heavy (non-hydrogen) atoms. The molecule has 0 fully saturated rings. The van der Waals surface area contributed by atoms with Crippen LogP contribution in [0.4, 0.5) is 0 Å². The molecule has 0 saturated heterocycles. The number of carbonyl (C=O) groups is 4. The first-order chi connectivity index (χ1) is 43.5. The van der Waals surface area contributed by atoms with Crippen molar-refractivity contribution in [3.63, 3.8) is 0 Å². The van der Waals surface area contributed by atoms with Crippen molar-refractivity contribution in [1.29, 1.82) is 0 Å². The van der Waals surface area contributed by atoms with Crippen molar-refractivity contribution >= 4 is 39.5 Å². The summed E-state index contributed by atoms with van der Waals surface area (Å²) in [5.41, 5.74) is 0. The number of phosphoric ester groups is 2. The Morgan fingerprint density at radius 2 is 0.511 bits per heavy atom. The molecule has 2 unspecified atom stereocenters. The molecule has 0 bridgehead atoms. The predicted octanol–water partition coefficient (Wildman–Crippen LogP) is 20.5. The average molecular weight is 1330 g/mol. The number of hydrogen-bond acceptors (Lipinski definition) is 15. The highest BCUT2D eigenvalue weighted by atomic mass is 31.2. The number of phosphoric acid groups is 2. The standard InChI is InChI=1S/C71H138O17P2/c1-6-9-12-15-18-20-21-22-23-26-29-32-36-40-45-50-55-69(74)82-61-67(88-71(76)57-52-47-42-37-33-30-27-24-25-28-31-35-39-43-48-53-64(4)5)63-86-90(79,80)84-59-65(72)58-83-89(77,78)85-62-66(60-81-68(73)54-49-44-38-17-14-11-8-3)87-70(75)56-51-46-41-34-19-16-13-10-7-2/h64-67,72H,6-63H2,1-5H3,(H,77,78)(H,79,80)/t65-,66+,67+/m0/s1. The zero-order chi connectivity index (χ0) is 66.3. The average Bonchev–Trinajstić information content (AvgIpc) is 3.66. The topological polar surface area (TPSA) is 237 Å². The van der Waals surface area contributed by atoms with Crippen LogP contribution < -0.4 is 0 Å². The van der Waals surface area contributed by atoms with Gasteiger partial charge in [0.1, 0.15) is 19.3 Å². The Hall–Kier alpha value is -1.94. The minimum Gasteiger partial charge on any atom is -0.462 e. The molecule has 534 valence electrons. The maximum Gasteiger partial charge on any atom is 0.472 e. The van der Waals surface area contributed by atoms with Gasteiger partial charge in [-0.05, 0) is 31.6 Å². The van der Waals surface area contributed by atoms with Gasteiger partial charge in [-0.25, -0.2) is 9.13 Å². The summed E-state index contributed by atoms with van der Waals surface area (Å²) in [6, 6.07) is 0. The third-order valence-corrected chi connectivity index (χ3v) is 18.4. The van der Waals surface area contributed by atoms with E-state index >= 15 is 0 Å². The van der Waals surface area contributed by atoms with Gasteiger partial charge >= 0.3 is 39.5 Å². The van der Waals surface area contributed by atoms with Gasteiger partial charge < -0.3 is 33.8 Å². The van der Waals surface area contributed by atoms with E-state index in [1.165, 1.54) is 180 Å². The van der Waals surface area contributed by atoms with Crippen molar-refractivity contribution in [3.8, 4) is 0 Å². The van der Waals surface area contributed by atoms with Gasteiger partial charge in [0.2, 0.25) is 0 Å². The Morgan fingerprint density at radius 1 is 0.300 bits per heavy atom. The van der Waals surface area contributed by atoms with Gasteiger partial charge in [-0.15, -0.1) is 0 Å². The number of esters is 4. The fraction of sp³-hybridized carbons (Fsp3) is 0.944. The number of carbonyl (C=O) groups excluding carboxylic acids is 4. The van der Waals surface area contributed by atoms with Crippen LogP contribution in [0.3, 0.4) is 0 Å². The molecule has 0 radical (unpaired) electrons. The molecular formula is C71H138O17P2. The number of unbranched alkanes of at least 4 members (excludes halogenated alkanes) is 43. The summed E-state index contributed by atoms with van der Waals surface area (Å²) in [4.78, 5) is 72.4. The molecule has 0 heterocycles. The molecule has 0 aliphatic carbocycles. The second-order valence-corrected chi connectivity index (χ2v) is 29.0. The molecule has 17 nitrogen and oxygen atoms in total. The molecule has 0 aromatic rings. The van der Waals surface area contributed by atoms with E-state index in [2.05, 4.69) is 34.6 Å². The van der Waals surface area contributed by atoms with Gasteiger partial charge in [0.25, 0.3) is 0 Å². The van der Waals surface area contributed by atoms with Crippen molar-refractivity contribution in [2.75, 3.05) is 39.6 Å². The summed E-state index contributed by atoms with van der Waals surface area (Å²) in [7, 11) is -9.89. The van der Waals surface area contributed by atoms with Crippen molar-refractivity contribution < 1.29 is 80.2 Å². The molecule has 3 N–H and O–H groups in total. The summed E-state index contributed by atoms with van der Waals surface area (Å²) in [5.74, 6) is -1.32. The number of aliphatic hydroxyl groups is 1. The highest BCUT2D eigenvalue weighted by molar-refractivity contribution is 7.47. The van der Waals surface area contributed by atoms with E-state index in [1.807, 2.05) is 0 Å². The predicted molar refractivity (Wildman–Crippen MR) is 363 cm³/mol. The van der Waals surface area contributed by atoms with Crippen LogP contribution in [0, 0.1) is 5.92 Å². The SMILES string of the molecule is CCCCCCCCCCCCCCCCCCC(=O)OC[C@H](COP(=O)(O)OC[C@@H](O)COP(=O)(O)OC[C@@H](COC(=O)CCCCCCCCC)OC(=O)CCCCCCCCCCC)OC(=O)CCCCCCCCCCCCCCCCCC(C)C. The Bertz CT molecular complexity index is 1740. The summed E-state index contributed by atoms with van der Waals surface area (Å²) in [5, 5.41) is 10.6. The number of hydrogen-bond donors (Lipinski definition) is 3. The maximum absolute atomic E-state index is 13.0. The molecule has 0 aromatic carbocycles. The number of rotatable bonds is 71. The largest absolute Gasteiger partial charge is 0.472 e. The Balaban J connectivity index is 5.17. The molecule has 0 saturated carbocycles. The van der Waals surface area contributed by atoms with Crippen molar-refractivity contribution in [2.45, 2.75) is 387 Å². The van der Waals surface area contributed by atoms with Crippen molar-refractivity contribution in [3.05, 3.63) is 0 Å². The summed E-state index contributed by atoms with van der Waals surface area (Å²) < 4.78 is 68.2. The third-order valence-electron chi connectivity index (χ3n) is 16.5. The third kappa shape index (κ3) is 64.8. The Kier molecular flexibility index (Phi) is 63.0. The van der Waals surface area contributed by atoms with Gasteiger partial charge in [0.15, 0.2) is 12.2 Å². The van der Waals surface area contributed by atoms with Gasteiger partial charge in [-0.3, -0.25) is 37.3 Å². The van der Waals surface area contributed by atoms with Crippen molar-refractivity contribution in [2.24, 2.45) is 5.92 Å². The molecule has 19 heteroatoms. The van der Waals surface area contributed by atoms with Crippen LogP contribution in [0.1, 0.15) is 369 Å². The number of ether oxygens (including phenoxy) is 4. The monoisotopic (exact) mass is 1320 g/mol. The zero-order valence-electron chi connectivity index (χ0n) is 58.3. The minimum atomic E-state index is -4.95. The van der Waals surface area contributed by atoms with E-state index in [0.717, 1.165) is 109 Å². The van der Waals surface area contributed by atoms with E-state index < -0.39 is 97.5 Å². The molecule has 0 amide bonds. The van der Waals surface area contributed by atoms with Gasteiger partial charge in [0, 0.05) is 25.7 Å². The highest BCUT2D eigenvalue weighted by Gasteiger charge is 2.30. The first-order valence-electron chi connectivity index (χ1n) is 37.1. The second kappa shape index (κ2) is 64.4. The molecule has 0 spiro atoms. The first-order valence-corrected chi connectivity index (χ1v) is 40.1. The normalized spacial score (nSPS) is 14.1. The second-order valence-electron chi connectivity index (χ2n) is 26.1. The van der Waals surface area contributed by atoms with Crippen LogP contribution >= 0.6 is 15.6 Å².